The number of carbonyl (C=O) groups excluding carboxylic acids is 1. The Balaban J connectivity index is 0.000000379. The highest BCUT2D eigenvalue weighted by Crippen LogP contribution is 2.39. The van der Waals surface area contributed by atoms with Crippen LogP contribution in [0.1, 0.15) is 75.8 Å². The van der Waals surface area contributed by atoms with Crippen molar-refractivity contribution >= 4 is 12.0 Å². The lowest BCUT2D eigenvalue weighted by Gasteiger charge is -2.15. The van der Waals surface area contributed by atoms with E-state index in [2.05, 4.69) is 61.1 Å². The van der Waals surface area contributed by atoms with Gasteiger partial charge in [0, 0.05) is 6.08 Å². The number of carbonyl (C=O) groups is 1. The maximum atomic E-state index is 11.1. The Bertz CT molecular complexity index is 1030. The number of fused-ring (bicyclic) bond motifs is 2. The molecule has 4 rings (SSSR count). The van der Waals surface area contributed by atoms with Crippen LogP contribution < -0.4 is 0 Å². The van der Waals surface area contributed by atoms with Gasteiger partial charge < -0.3 is 9.84 Å². The fourth-order valence-corrected chi connectivity index (χ4v) is 4.06. The predicted molar refractivity (Wildman–Crippen MR) is 154 cm³/mol. The smallest absolute Gasteiger partial charge is 0.330 e. The Labute approximate surface area is 218 Å². The van der Waals surface area contributed by atoms with Gasteiger partial charge in [0.15, 0.2) is 0 Å². The summed E-state index contributed by atoms with van der Waals surface area (Å²) in [6.07, 6.45) is 16.9. The van der Waals surface area contributed by atoms with Gasteiger partial charge in [0.2, 0.25) is 0 Å². The molecule has 0 saturated heterocycles. The van der Waals surface area contributed by atoms with Crippen molar-refractivity contribution in [1.82, 2.24) is 0 Å². The number of esters is 1. The first kappa shape index (κ1) is 30.9. The van der Waals surface area contributed by atoms with Crippen molar-refractivity contribution < 1.29 is 14.6 Å². The summed E-state index contributed by atoms with van der Waals surface area (Å²) in [4.78, 5) is 11.1. The van der Waals surface area contributed by atoms with Crippen LogP contribution >= 0.6 is 0 Å². The Morgan fingerprint density at radius 2 is 1.67 bits per heavy atom. The highest BCUT2D eigenvalue weighted by Gasteiger charge is 2.30. The van der Waals surface area contributed by atoms with Gasteiger partial charge >= 0.3 is 5.97 Å². The third-order valence-corrected chi connectivity index (χ3v) is 5.62. The van der Waals surface area contributed by atoms with E-state index in [0.29, 0.717) is 0 Å². The molecular formula is C33H44O3. The third-order valence-electron chi connectivity index (χ3n) is 5.62. The molecule has 3 nitrogen and oxygen atoms in total. The molecule has 0 saturated carbocycles. The van der Waals surface area contributed by atoms with Crippen LogP contribution in [0.3, 0.4) is 0 Å². The highest BCUT2D eigenvalue weighted by atomic mass is 16.5. The topological polar surface area (TPSA) is 46.5 Å². The normalized spacial score (nSPS) is 17.2. The van der Waals surface area contributed by atoms with Crippen LogP contribution in [0.4, 0.5) is 0 Å². The summed E-state index contributed by atoms with van der Waals surface area (Å²) in [5.41, 5.74) is 6.19. The van der Waals surface area contributed by atoms with Crippen LogP contribution in [-0.2, 0) is 22.4 Å². The number of aliphatic hydroxyl groups is 1. The number of allylic oxidation sites excluding steroid dienone is 6. The molecule has 2 aliphatic rings. The van der Waals surface area contributed by atoms with Crippen molar-refractivity contribution in [3.63, 3.8) is 0 Å². The Hall–Kier alpha value is -3.17. The van der Waals surface area contributed by atoms with Crippen LogP contribution in [0.25, 0.3) is 6.08 Å². The van der Waals surface area contributed by atoms with Crippen molar-refractivity contribution in [2.75, 3.05) is 7.11 Å². The van der Waals surface area contributed by atoms with Gasteiger partial charge in [-0.25, -0.2) is 4.79 Å². The van der Waals surface area contributed by atoms with Gasteiger partial charge in [-0.05, 0) is 59.9 Å². The molecular weight excluding hydrogens is 444 g/mol. The third kappa shape index (κ3) is 10.2. The first-order chi connectivity index (χ1) is 17.5. The van der Waals surface area contributed by atoms with Crippen molar-refractivity contribution in [2.24, 2.45) is 5.92 Å². The number of methoxy groups -OCH3 is 1. The predicted octanol–water partition coefficient (Wildman–Crippen LogP) is 8.21. The van der Waals surface area contributed by atoms with E-state index >= 15 is 0 Å². The molecule has 2 aromatic rings. The minimum absolute atomic E-state index is 0.173. The summed E-state index contributed by atoms with van der Waals surface area (Å²) >= 11 is 0. The highest BCUT2D eigenvalue weighted by molar-refractivity contribution is 5.82. The Kier molecular flexibility index (Phi) is 15.6. The molecule has 0 bridgehead atoms. The zero-order valence-electron chi connectivity index (χ0n) is 22.9. The monoisotopic (exact) mass is 488 g/mol. The van der Waals surface area contributed by atoms with Crippen LogP contribution in [0, 0.1) is 5.92 Å². The van der Waals surface area contributed by atoms with Crippen LogP contribution in [0.5, 0.6) is 0 Å². The number of hydrogen-bond acceptors (Lipinski definition) is 3. The number of hydrogen-bond donors (Lipinski definition) is 1. The van der Waals surface area contributed by atoms with Crippen molar-refractivity contribution in [3.8, 4) is 0 Å². The van der Waals surface area contributed by atoms with Crippen LogP contribution in [0.2, 0.25) is 0 Å². The fraction of sp³-hybridized carbons (Fsp3) is 0.364. The summed E-state index contributed by atoms with van der Waals surface area (Å²) in [6.45, 7) is 10.2. The van der Waals surface area contributed by atoms with Crippen LogP contribution in [0.15, 0.2) is 90.6 Å². The zero-order valence-corrected chi connectivity index (χ0v) is 22.9. The molecule has 0 aliphatic heterocycles. The van der Waals surface area contributed by atoms with E-state index in [1.165, 1.54) is 36.3 Å². The van der Waals surface area contributed by atoms with Gasteiger partial charge in [0.05, 0.1) is 13.2 Å². The van der Waals surface area contributed by atoms with E-state index in [0.717, 1.165) is 30.4 Å². The molecule has 0 amide bonds. The lowest BCUT2D eigenvalue weighted by Crippen LogP contribution is -2.07. The molecule has 3 heteroatoms. The van der Waals surface area contributed by atoms with E-state index in [9.17, 15) is 9.90 Å². The lowest BCUT2D eigenvalue weighted by atomic mass is 9.94. The average molecular weight is 489 g/mol. The number of aliphatic hydroxyl groups excluding tert-OH is 1. The molecule has 0 radical (unpaired) electrons. The summed E-state index contributed by atoms with van der Waals surface area (Å²) in [5, 5.41) is 10.5. The van der Waals surface area contributed by atoms with E-state index in [4.69, 9.17) is 0 Å². The fourth-order valence-electron chi connectivity index (χ4n) is 4.06. The first-order valence-electron chi connectivity index (χ1n) is 13.1. The average Bonchev–Trinajstić information content (AvgIpc) is 3.51. The van der Waals surface area contributed by atoms with Crippen LogP contribution in [-0.4, -0.2) is 18.2 Å². The largest absolute Gasteiger partial charge is 0.466 e. The molecule has 0 aromatic heterocycles. The summed E-state index contributed by atoms with van der Waals surface area (Å²) in [5.74, 6) is -0.198. The van der Waals surface area contributed by atoms with E-state index < -0.39 is 6.10 Å². The molecule has 0 fully saturated rings. The van der Waals surface area contributed by atoms with Crippen molar-refractivity contribution in [3.05, 3.63) is 113 Å². The Morgan fingerprint density at radius 3 is 2.28 bits per heavy atom. The van der Waals surface area contributed by atoms with Gasteiger partial charge in [-0.3, -0.25) is 0 Å². The maximum absolute atomic E-state index is 11.1. The molecule has 0 heterocycles. The van der Waals surface area contributed by atoms with Gasteiger partial charge in [-0.1, -0.05) is 119 Å². The second kappa shape index (κ2) is 18.1. The molecule has 2 aromatic carbocycles. The molecule has 194 valence electrons. The minimum atomic E-state index is -0.422. The summed E-state index contributed by atoms with van der Waals surface area (Å²) in [7, 11) is 1.36. The van der Waals surface area contributed by atoms with E-state index in [-0.39, 0.29) is 11.9 Å². The van der Waals surface area contributed by atoms with E-state index in [1.807, 2.05) is 57.2 Å². The molecule has 2 unspecified atom stereocenters. The molecule has 0 spiro atoms. The first-order valence-corrected chi connectivity index (χ1v) is 13.1. The second-order valence-electron chi connectivity index (χ2n) is 8.45. The van der Waals surface area contributed by atoms with E-state index in [1.54, 1.807) is 6.08 Å². The summed E-state index contributed by atoms with van der Waals surface area (Å²) < 4.78 is 4.57. The van der Waals surface area contributed by atoms with Gasteiger partial charge in [-0.15, -0.1) is 0 Å². The lowest BCUT2D eigenvalue weighted by molar-refractivity contribution is -0.134. The molecule has 2 atom stereocenters. The van der Waals surface area contributed by atoms with Crippen molar-refractivity contribution in [2.45, 2.75) is 66.4 Å². The van der Waals surface area contributed by atoms with Gasteiger partial charge in [0.25, 0.3) is 0 Å². The standard InChI is InChI=1S/C19H22O3.C9H8.C3H8.C2H6/c1-3-7-14(8-6-11-18(20)22-2)12-16-13-15-9-4-5-10-17(15)19(16)21;1-2-5-9-7-3-6-8(9)4-1;1-3-2;1-2/h3-11,16,19,21H,12-13H2,1-2H3;1-6H,7H2;3H2,1-2H3;1-2H3/b7-3-,11-6+,14-8+;;;. The summed E-state index contributed by atoms with van der Waals surface area (Å²) in [6, 6.07) is 16.5. The SMILES string of the molecule is C1=Cc2ccccc2C1.CC.CCC.C\C=C/C(=C\C=C\C(=O)OC)CC1Cc2ccccc2C1O. The molecule has 2 aliphatic carbocycles. The quantitative estimate of drug-likeness (QED) is 0.262. The number of ether oxygens (including phenoxy) is 1. The second-order valence-corrected chi connectivity index (χ2v) is 8.45. The van der Waals surface area contributed by atoms with Gasteiger partial charge in [0.1, 0.15) is 0 Å². The molecule has 36 heavy (non-hydrogen) atoms. The number of benzene rings is 2. The number of rotatable bonds is 5. The van der Waals surface area contributed by atoms with Gasteiger partial charge in [-0.2, -0.15) is 0 Å². The minimum Gasteiger partial charge on any atom is -0.466 e. The Morgan fingerprint density at radius 1 is 1.03 bits per heavy atom. The zero-order chi connectivity index (χ0) is 26.8. The molecule has 1 N–H and O–H groups in total. The maximum Gasteiger partial charge on any atom is 0.330 e. The van der Waals surface area contributed by atoms with Crippen molar-refractivity contribution in [1.29, 1.82) is 0 Å².